The Balaban J connectivity index is 4.41. The van der Waals surface area contributed by atoms with E-state index in [2.05, 4.69) is 39.9 Å². The monoisotopic (exact) mass is 264 g/mol. The Kier molecular flexibility index (Phi) is 7.30. The predicted molar refractivity (Wildman–Crippen MR) is 74.3 cm³/mol. The molecule has 110 valence electrons. The highest BCUT2D eigenvalue weighted by molar-refractivity contribution is 4.83. The zero-order valence-corrected chi connectivity index (χ0v) is 12.8. The molecule has 1 unspecified atom stereocenters. The lowest BCUT2D eigenvalue weighted by molar-refractivity contribution is 0.0741. The van der Waals surface area contributed by atoms with Crippen molar-refractivity contribution in [1.82, 2.24) is 10.2 Å². The van der Waals surface area contributed by atoms with Gasteiger partial charge in [0.1, 0.15) is 0 Å². The summed E-state index contributed by atoms with van der Waals surface area (Å²) in [4.78, 5) is 1.74. The molecule has 0 heterocycles. The van der Waals surface area contributed by atoms with Crippen LogP contribution in [-0.4, -0.2) is 43.5 Å². The molecule has 0 aromatic rings. The number of nitrogens with one attached hydrogen (secondary N) is 1. The highest BCUT2D eigenvalue weighted by Gasteiger charge is 2.27. The maximum atomic E-state index is 12.4. The van der Waals surface area contributed by atoms with Crippen LogP contribution in [0.25, 0.3) is 0 Å². The number of rotatable bonds is 8. The number of hydrogen-bond acceptors (Lipinski definition) is 2. The lowest BCUT2D eigenvalue weighted by Gasteiger charge is -2.36. The summed E-state index contributed by atoms with van der Waals surface area (Å²) in [5, 5.41) is 3.49. The first-order chi connectivity index (χ1) is 8.08. The van der Waals surface area contributed by atoms with Gasteiger partial charge >= 0.3 is 0 Å². The van der Waals surface area contributed by atoms with Crippen molar-refractivity contribution in [3.05, 3.63) is 0 Å². The topological polar surface area (TPSA) is 15.3 Å². The average molecular weight is 264 g/mol. The van der Waals surface area contributed by atoms with Crippen LogP contribution in [-0.2, 0) is 0 Å². The van der Waals surface area contributed by atoms with E-state index in [4.69, 9.17) is 0 Å². The van der Waals surface area contributed by atoms with E-state index in [9.17, 15) is 8.78 Å². The van der Waals surface area contributed by atoms with Crippen molar-refractivity contribution >= 4 is 0 Å². The second-order valence-electron chi connectivity index (χ2n) is 6.75. The fraction of sp³-hybridized carbons (Fsp3) is 1.00. The van der Waals surface area contributed by atoms with Crippen LogP contribution in [0.3, 0.4) is 0 Å². The largest absolute Gasteiger partial charge is 0.311 e. The van der Waals surface area contributed by atoms with Crippen LogP contribution in [0.5, 0.6) is 0 Å². The van der Waals surface area contributed by atoms with Gasteiger partial charge in [0.2, 0.25) is 0 Å². The van der Waals surface area contributed by atoms with E-state index in [0.717, 1.165) is 19.4 Å². The minimum absolute atomic E-state index is 0.0473. The molecule has 1 atom stereocenters. The van der Waals surface area contributed by atoms with Crippen LogP contribution < -0.4 is 5.32 Å². The van der Waals surface area contributed by atoms with Crippen molar-refractivity contribution in [3.8, 4) is 0 Å². The van der Waals surface area contributed by atoms with Crippen molar-refractivity contribution in [2.45, 2.75) is 59.4 Å². The molecule has 0 rings (SSSR count). The molecule has 0 bridgehead atoms. The van der Waals surface area contributed by atoms with Gasteiger partial charge in [-0.25, -0.2) is 8.78 Å². The van der Waals surface area contributed by atoms with Gasteiger partial charge in [-0.05, 0) is 39.7 Å². The molecule has 0 aliphatic rings. The van der Waals surface area contributed by atoms with E-state index < -0.39 is 6.43 Å². The van der Waals surface area contributed by atoms with Gasteiger partial charge in [0.15, 0.2) is 0 Å². The van der Waals surface area contributed by atoms with Gasteiger partial charge in [-0.3, -0.25) is 0 Å². The number of hydrogen-bond donors (Lipinski definition) is 1. The molecule has 18 heavy (non-hydrogen) atoms. The molecule has 0 radical (unpaired) electrons. The van der Waals surface area contributed by atoms with E-state index >= 15 is 0 Å². The summed E-state index contributed by atoms with van der Waals surface area (Å²) >= 11 is 0. The average Bonchev–Trinajstić information content (AvgIpc) is 2.12. The third-order valence-corrected chi connectivity index (χ3v) is 3.00. The third-order valence-electron chi connectivity index (χ3n) is 3.00. The first kappa shape index (κ1) is 17.8. The molecule has 0 saturated heterocycles. The zero-order chi connectivity index (χ0) is 14.4. The molecule has 0 aliphatic heterocycles. The molecular formula is C14H30F2N2. The molecule has 0 amide bonds. The Bertz CT molecular complexity index is 226. The Morgan fingerprint density at radius 2 is 1.72 bits per heavy atom. The van der Waals surface area contributed by atoms with Crippen LogP contribution in [0, 0.1) is 5.41 Å². The molecule has 4 heteroatoms. The van der Waals surface area contributed by atoms with Gasteiger partial charge in [-0.1, -0.05) is 20.3 Å². The molecule has 1 N–H and O–H groups in total. The van der Waals surface area contributed by atoms with E-state index in [1.54, 1.807) is 11.9 Å². The summed E-state index contributed by atoms with van der Waals surface area (Å²) in [6.45, 7) is 12.1. The van der Waals surface area contributed by atoms with Crippen LogP contribution in [0.4, 0.5) is 8.78 Å². The van der Waals surface area contributed by atoms with Crippen LogP contribution in [0.1, 0.15) is 47.5 Å². The van der Waals surface area contributed by atoms with Gasteiger partial charge in [-0.2, -0.15) is 0 Å². The lowest BCUT2D eigenvalue weighted by atomic mass is 9.84. The SMILES string of the molecule is CCCC(C)(CNC(C)(C)C)CN(C)CC(F)F. The van der Waals surface area contributed by atoms with E-state index in [0.29, 0.717) is 6.54 Å². The van der Waals surface area contributed by atoms with Crippen molar-refractivity contribution in [1.29, 1.82) is 0 Å². The quantitative estimate of drug-likeness (QED) is 0.723. The minimum Gasteiger partial charge on any atom is -0.311 e. The van der Waals surface area contributed by atoms with Gasteiger partial charge in [-0.15, -0.1) is 0 Å². The predicted octanol–water partition coefficient (Wildman–Crippen LogP) is 3.38. The van der Waals surface area contributed by atoms with Gasteiger partial charge in [0, 0.05) is 18.6 Å². The van der Waals surface area contributed by atoms with Crippen molar-refractivity contribution < 1.29 is 8.78 Å². The minimum atomic E-state index is -2.25. The smallest absolute Gasteiger partial charge is 0.251 e. The van der Waals surface area contributed by atoms with Crippen molar-refractivity contribution in [2.75, 3.05) is 26.7 Å². The second kappa shape index (κ2) is 7.39. The highest BCUT2D eigenvalue weighted by Crippen LogP contribution is 2.24. The highest BCUT2D eigenvalue weighted by atomic mass is 19.3. The summed E-state index contributed by atoms with van der Waals surface area (Å²) in [5.74, 6) is 0. The van der Waals surface area contributed by atoms with Crippen LogP contribution >= 0.6 is 0 Å². The fourth-order valence-corrected chi connectivity index (χ4v) is 2.26. The maximum absolute atomic E-state index is 12.4. The first-order valence-electron chi connectivity index (χ1n) is 6.80. The van der Waals surface area contributed by atoms with E-state index in [-0.39, 0.29) is 17.5 Å². The summed E-state index contributed by atoms with van der Waals surface area (Å²) in [7, 11) is 1.77. The van der Waals surface area contributed by atoms with Crippen molar-refractivity contribution in [3.63, 3.8) is 0 Å². The molecule has 0 fully saturated rings. The summed E-state index contributed by atoms with van der Waals surface area (Å²) in [5.41, 5.74) is 0.113. The Labute approximate surface area is 111 Å². The summed E-state index contributed by atoms with van der Waals surface area (Å²) < 4.78 is 24.7. The van der Waals surface area contributed by atoms with E-state index in [1.807, 2.05) is 0 Å². The molecule has 0 saturated carbocycles. The standard InChI is InChI=1S/C14H30F2N2/c1-7-8-14(5,10-17-13(2,3)4)11-18(6)9-12(15)16/h12,17H,7-11H2,1-6H3. The second-order valence-corrected chi connectivity index (χ2v) is 6.75. The molecule has 0 aliphatic carbocycles. The summed E-state index contributed by atoms with van der Waals surface area (Å²) in [6, 6.07) is 0. The Morgan fingerprint density at radius 3 is 2.11 bits per heavy atom. The molecule has 0 aromatic heterocycles. The normalized spacial score (nSPS) is 16.3. The Morgan fingerprint density at radius 1 is 1.17 bits per heavy atom. The molecular weight excluding hydrogens is 234 g/mol. The Hall–Kier alpha value is -0.220. The van der Waals surface area contributed by atoms with Crippen molar-refractivity contribution in [2.24, 2.45) is 5.41 Å². The fourth-order valence-electron chi connectivity index (χ4n) is 2.26. The zero-order valence-electron chi connectivity index (χ0n) is 12.8. The number of alkyl halides is 2. The van der Waals surface area contributed by atoms with Gasteiger partial charge in [0.05, 0.1) is 6.54 Å². The third kappa shape index (κ3) is 8.81. The van der Waals surface area contributed by atoms with Gasteiger partial charge in [0.25, 0.3) is 6.43 Å². The van der Waals surface area contributed by atoms with Crippen LogP contribution in [0.15, 0.2) is 0 Å². The number of halogens is 2. The van der Waals surface area contributed by atoms with Gasteiger partial charge < -0.3 is 10.2 Å². The van der Waals surface area contributed by atoms with E-state index in [1.165, 1.54) is 0 Å². The first-order valence-corrected chi connectivity index (χ1v) is 6.80. The summed E-state index contributed by atoms with van der Waals surface area (Å²) in [6.07, 6.45) is -0.134. The lowest BCUT2D eigenvalue weighted by Crippen LogP contribution is -2.47. The molecule has 0 aromatic carbocycles. The molecule has 0 spiro atoms. The number of nitrogens with zero attached hydrogens (tertiary/aromatic N) is 1. The molecule has 2 nitrogen and oxygen atoms in total. The van der Waals surface area contributed by atoms with Crippen LogP contribution in [0.2, 0.25) is 0 Å². The maximum Gasteiger partial charge on any atom is 0.251 e.